The zero-order valence-electron chi connectivity index (χ0n) is 28.5. The second-order valence-electron chi connectivity index (χ2n) is 13.7. The first-order valence-corrected chi connectivity index (χ1v) is 18.8. The fourth-order valence-corrected chi connectivity index (χ4v) is 7.36. The van der Waals surface area contributed by atoms with Gasteiger partial charge in [0, 0.05) is 0 Å². The third-order valence-corrected chi connectivity index (χ3v) is 9.93. The van der Waals surface area contributed by atoms with E-state index in [0.717, 1.165) is 46.5 Å². The summed E-state index contributed by atoms with van der Waals surface area (Å²) in [6, 6.07) is 21.4. The summed E-state index contributed by atoms with van der Waals surface area (Å²) in [5.41, 5.74) is 4.52. The molecule has 3 heteroatoms. The molecule has 45 heavy (non-hydrogen) atoms. The summed E-state index contributed by atoms with van der Waals surface area (Å²) in [4.78, 5) is 2.33. The Labute approximate surface area is 274 Å². The average molecular weight is 610 g/mol. The summed E-state index contributed by atoms with van der Waals surface area (Å²) in [6.07, 6.45) is 28.9. The molecule has 2 aliphatic rings. The van der Waals surface area contributed by atoms with Crippen molar-refractivity contribution in [3.8, 4) is 23.0 Å². The van der Waals surface area contributed by atoms with Crippen molar-refractivity contribution >= 4 is 17.1 Å². The van der Waals surface area contributed by atoms with E-state index in [1.807, 2.05) is 0 Å². The van der Waals surface area contributed by atoms with E-state index in [4.69, 9.17) is 9.47 Å². The predicted molar refractivity (Wildman–Crippen MR) is 192 cm³/mol. The summed E-state index contributed by atoms with van der Waals surface area (Å²) in [6.45, 7) is 4.61. The lowest BCUT2D eigenvalue weighted by molar-refractivity contribution is 0.397. The van der Waals surface area contributed by atoms with Crippen LogP contribution in [0, 0.1) is 5.92 Å². The number of hydrogen-bond donors (Lipinski definition) is 0. The molecule has 3 aromatic rings. The van der Waals surface area contributed by atoms with Gasteiger partial charge in [-0.25, -0.2) is 0 Å². The van der Waals surface area contributed by atoms with Crippen molar-refractivity contribution in [2.45, 2.75) is 149 Å². The van der Waals surface area contributed by atoms with Crippen molar-refractivity contribution in [1.29, 1.82) is 0 Å². The molecule has 0 saturated heterocycles. The molecule has 5 rings (SSSR count). The predicted octanol–water partition coefficient (Wildman–Crippen LogP) is 14.4. The molecule has 0 aliphatic carbocycles. The number of nitrogens with zero attached hydrogens (tertiary/aromatic N) is 1. The highest BCUT2D eigenvalue weighted by molar-refractivity contribution is 5.93. The van der Waals surface area contributed by atoms with Crippen LogP contribution in [0.15, 0.2) is 60.7 Å². The lowest BCUT2D eigenvalue weighted by Gasteiger charge is -2.38. The van der Waals surface area contributed by atoms with E-state index in [2.05, 4.69) is 79.4 Å². The highest BCUT2D eigenvalue weighted by atomic mass is 16.5. The van der Waals surface area contributed by atoms with Gasteiger partial charge in [-0.15, -0.1) is 0 Å². The Morgan fingerprint density at radius 1 is 0.489 bits per heavy atom. The van der Waals surface area contributed by atoms with Crippen LogP contribution in [0.5, 0.6) is 23.0 Å². The molecule has 0 spiro atoms. The number of anilines is 3. The smallest absolute Gasteiger partial charge is 0.155 e. The Morgan fingerprint density at radius 3 is 1.33 bits per heavy atom. The number of unbranched alkanes of at least 4 members (excludes halogenated alkanes) is 16. The fourth-order valence-electron chi connectivity index (χ4n) is 7.36. The standard InChI is InChI=1S/C42H59NO2/c1-3-5-7-9-11-13-14-16-18-20-26-34(25-19-17-15-12-10-8-6-4-2)31-35-32-40-42-41(33-35)45-39-30-24-22-28-37(39)43(42)36-27-21-23-29-38(36)44-40/h21-24,27-30,32-34H,3-20,25-26,31H2,1-2H3. The Kier molecular flexibility index (Phi) is 13.6. The minimum absolute atomic E-state index is 0.715. The molecule has 0 fully saturated rings. The number of hydrogen-bond acceptors (Lipinski definition) is 3. The normalized spacial score (nSPS) is 13.4. The van der Waals surface area contributed by atoms with E-state index < -0.39 is 0 Å². The van der Waals surface area contributed by atoms with Crippen LogP contribution >= 0.6 is 0 Å². The molecule has 2 heterocycles. The van der Waals surface area contributed by atoms with Gasteiger partial charge in [0.05, 0.1) is 11.4 Å². The molecule has 3 nitrogen and oxygen atoms in total. The van der Waals surface area contributed by atoms with Crippen LogP contribution in [0.4, 0.5) is 17.1 Å². The molecule has 0 aromatic heterocycles. The summed E-state index contributed by atoms with van der Waals surface area (Å²) in [5, 5.41) is 0. The molecule has 244 valence electrons. The summed E-state index contributed by atoms with van der Waals surface area (Å²) in [7, 11) is 0. The summed E-state index contributed by atoms with van der Waals surface area (Å²) >= 11 is 0. The molecule has 0 amide bonds. The van der Waals surface area contributed by atoms with Gasteiger partial charge in [-0.3, -0.25) is 4.90 Å². The molecule has 0 saturated carbocycles. The number of ether oxygens (including phenoxy) is 2. The molecule has 1 atom stereocenters. The minimum Gasteiger partial charge on any atom is -0.453 e. The number of rotatable bonds is 22. The zero-order valence-corrected chi connectivity index (χ0v) is 28.5. The van der Waals surface area contributed by atoms with Crippen LogP contribution in [-0.4, -0.2) is 0 Å². The van der Waals surface area contributed by atoms with E-state index in [1.165, 1.54) is 134 Å². The molecule has 0 bridgehead atoms. The first-order chi connectivity index (χ1) is 22.3. The van der Waals surface area contributed by atoms with Gasteiger partial charge in [-0.05, 0) is 54.3 Å². The van der Waals surface area contributed by atoms with Crippen molar-refractivity contribution in [2.75, 3.05) is 4.90 Å². The van der Waals surface area contributed by atoms with Gasteiger partial charge in [0.2, 0.25) is 0 Å². The van der Waals surface area contributed by atoms with E-state index in [1.54, 1.807) is 0 Å². The topological polar surface area (TPSA) is 21.7 Å². The van der Waals surface area contributed by atoms with Crippen molar-refractivity contribution < 1.29 is 9.47 Å². The van der Waals surface area contributed by atoms with Gasteiger partial charge in [0.15, 0.2) is 23.0 Å². The summed E-state index contributed by atoms with van der Waals surface area (Å²) < 4.78 is 13.1. The maximum atomic E-state index is 6.56. The molecule has 0 radical (unpaired) electrons. The lowest BCUT2D eigenvalue weighted by atomic mass is 9.88. The minimum atomic E-state index is 0.715. The zero-order chi connectivity index (χ0) is 31.1. The largest absolute Gasteiger partial charge is 0.453 e. The van der Waals surface area contributed by atoms with Crippen molar-refractivity contribution in [3.63, 3.8) is 0 Å². The Bertz CT molecular complexity index is 1230. The summed E-state index contributed by atoms with van der Waals surface area (Å²) in [5.74, 6) is 4.37. The lowest BCUT2D eigenvalue weighted by Crippen LogP contribution is -2.20. The van der Waals surface area contributed by atoms with Gasteiger partial charge >= 0.3 is 0 Å². The second-order valence-corrected chi connectivity index (χ2v) is 13.7. The number of benzene rings is 3. The van der Waals surface area contributed by atoms with Crippen LogP contribution in [0.2, 0.25) is 0 Å². The first-order valence-electron chi connectivity index (χ1n) is 18.8. The van der Waals surface area contributed by atoms with E-state index in [9.17, 15) is 0 Å². The van der Waals surface area contributed by atoms with Gasteiger partial charge in [-0.1, -0.05) is 167 Å². The Hall–Kier alpha value is -2.94. The highest BCUT2D eigenvalue weighted by Gasteiger charge is 2.34. The van der Waals surface area contributed by atoms with Crippen LogP contribution in [0.3, 0.4) is 0 Å². The van der Waals surface area contributed by atoms with Crippen LogP contribution in [0.1, 0.15) is 148 Å². The van der Waals surface area contributed by atoms with E-state index in [-0.39, 0.29) is 0 Å². The molecular formula is C42H59NO2. The highest BCUT2D eigenvalue weighted by Crippen LogP contribution is 2.59. The van der Waals surface area contributed by atoms with Gasteiger partial charge in [0.25, 0.3) is 0 Å². The third-order valence-electron chi connectivity index (χ3n) is 9.93. The van der Waals surface area contributed by atoms with Crippen LogP contribution in [-0.2, 0) is 6.42 Å². The van der Waals surface area contributed by atoms with Gasteiger partial charge < -0.3 is 9.47 Å². The Morgan fingerprint density at radius 2 is 0.889 bits per heavy atom. The number of fused-ring (bicyclic) bond motifs is 4. The quantitative estimate of drug-likeness (QED) is 0.0729. The van der Waals surface area contributed by atoms with Crippen molar-refractivity contribution in [2.24, 2.45) is 5.92 Å². The molecule has 3 aromatic carbocycles. The third kappa shape index (κ3) is 9.53. The van der Waals surface area contributed by atoms with Gasteiger partial charge in [-0.2, -0.15) is 0 Å². The van der Waals surface area contributed by atoms with Crippen molar-refractivity contribution in [1.82, 2.24) is 0 Å². The van der Waals surface area contributed by atoms with Crippen molar-refractivity contribution in [3.05, 3.63) is 66.2 Å². The SMILES string of the molecule is CCCCCCCCCCCCC(CCCCCCCCCC)Cc1cc2c3c(c1)Oc1ccccc1N3c1ccccc1O2. The van der Waals surface area contributed by atoms with Gasteiger partial charge in [0.1, 0.15) is 5.69 Å². The van der Waals surface area contributed by atoms with E-state index >= 15 is 0 Å². The Balaban J connectivity index is 1.21. The fraction of sp³-hybridized carbons (Fsp3) is 0.571. The maximum absolute atomic E-state index is 6.56. The second kappa shape index (κ2) is 18.3. The number of para-hydroxylation sites is 4. The maximum Gasteiger partial charge on any atom is 0.155 e. The monoisotopic (exact) mass is 609 g/mol. The molecular weight excluding hydrogens is 550 g/mol. The van der Waals surface area contributed by atoms with Crippen LogP contribution in [0.25, 0.3) is 0 Å². The molecule has 2 aliphatic heterocycles. The molecule has 0 N–H and O–H groups in total. The first kappa shape index (κ1) is 33.4. The van der Waals surface area contributed by atoms with E-state index in [0.29, 0.717) is 5.92 Å². The van der Waals surface area contributed by atoms with Crippen LogP contribution < -0.4 is 14.4 Å². The average Bonchev–Trinajstić information content (AvgIpc) is 3.06. The molecule has 1 unspecified atom stereocenters.